The largest absolute Gasteiger partial charge is 0.444 e. The highest BCUT2D eigenvalue weighted by atomic mass is 35.5. The van der Waals surface area contributed by atoms with Gasteiger partial charge in [0.15, 0.2) is 11.5 Å². The molecule has 2 unspecified atom stereocenters. The summed E-state index contributed by atoms with van der Waals surface area (Å²) in [7, 11) is 0. The van der Waals surface area contributed by atoms with Crippen LogP contribution in [0.4, 0.5) is 4.39 Å². The van der Waals surface area contributed by atoms with Crippen molar-refractivity contribution in [3.05, 3.63) is 80.4 Å². The first kappa shape index (κ1) is 27.2. The van der Waals surface area contributed by atoms with Crippen LogP contribution in [0.5, 0.6) is 11.5 Å². The molecule has 10 nitrogen and oxygen atoms in total. The van der Waals surface area contributed by atoms with E-state index in [1.807, 2.05) is 19.1 Å². The molecule has 2 aromatic carbocycles. The van der Waals surface area contributed by atoms with Crippen molar-refractivity contribution in [1.29, 1.82) is 0 Å². The van der Waals surface area contributed by atoms with E-state index >= 15 is 0 Å². The predicted octanol–water partition coefficient (Wildman–Crippen LogP) is 5.14. The number of nitrogens with one attached hydrogen (secondary N) is 1. The first-order valence-corrected chi connectivity index (χ1v) is 14.6. The second kappa shape index (κ2) is 10.6. The monoisotopic (exact) mass is 595 g/mol. The molecule has 0 aliphatic carbocycles. The molecular formula is C30H31ClFN5O5. The molecule has 3 aliphatic heterocycles. The van der Waals surface area contributed by atoms with Crippen LogP contribution in [0.15, 0.2) is 45.7 Å². The highest BCUT2D eigenvalue weighted by Crippen LogP contribution is 2.50. The molecule has 220 valence electrons. The first-order valence-electron chi connectivity index (χ1n) is 14.2. The van der Waals surface area contributed by atoms with Crippen LogP contribution in [-0.4, -0.2) is 50.4 Å². The maximum atomic E-state index is 14.8. The molecule has 2 saturated heterocycles. The molecule has 1 N–H and O–H groups in total. The number of para-hydroxylation sites is 1. The lowest BCUT2D eigenvalue weighted by atomic mass is 9.88. The van der Waals surface area contributed by atoms with Crippen molar-refractivity contribution in [3.63, 3.8) is 0 Å². The fraction of sp³-hybridized carbons (Fsp3) is 0.433. The zero-order chi connectivity index (χ0) is 29.0. The van der Waals surface area contributed by atoms with Gasteiger partial charge in [-0.2, -0.15) is 0 Å². The number of aromatic nitrogens is 4. The van der Waals surface area contributed by atoms with E-state index in [1.165, 1.54) is 6.07 Å². The van der Waals surface area contributed by atoms with Gasteiger partial charge in [-0.25, -0.2) is 14.2 Å². The maximum absolute atomic E-state index is 14.8. The van der Waals surface area contributed by atoms with Gasteiger partial charge in [0.05, 0.1) is 30.5 Å². The average Bonchev–Trinajstić information content (AvgIpc) is 3.60. The SMILES string of the molecule is Cc1nc(CN2CCC(c3cccc4c3OC(C)(c3ccc(Cl)cc3F)O4)CC2)n(CC2CCO2)c1-c1noc(=O)[nH]1. The van der Waals surface area contributed by atoms with Crippen molar-refractivity contribution in [2.24, 2.45) is 0 Å². The van der Waals surface area contributed by atoms with Gasteiger partial charge in [-0.3, -0.25) is 14.4 Å². The lowest BCUT2D eigenvalue weighted by Gasteiger charge is -2.33. The molecule has 3 aliphatic rings. The standard InChI is InChI=1S/C30H31ClFN5O5/c1-17-26(28-34-29(38)42-35-28)37(15-20-10-13-39-20)25(33-17)16-36-11-8-18(9-12-36)21-4-3-5-24-27(21)41-30(2,40-24)22-7-6-19(31)14-23(22)32/h3-7,14,18,20H,8-13,15-16H2,1-2H3,(H,34,35,38). The summed E-state index contributed by atoms with van der Waals surface area (Å²) < 4.78 is 39.9. The van der Waals surface area contributed by atoms with E-state index < -0.39 is 17.4 Å². The smallest absolute Gasteiger partial charge is 0.439 e. The van der Waals surface area contributed by atoms with Gasteiger partial charge in [-0.15, -0.1) is 0 Å². The summed E-state index contributed by atoms with van der Waals surface area (Å²) in [6.45, 7) is 7.41. The van der Waals surface area contributed by atoms with Crippen molar-refractivity contribution >= 4 is 11.6 Å². The number of likely N-dealkylation sites (tertiary alicyclic amines) is 1. The number of halogens is 2. The van der Waals surface area contributed by atoms with Gasteiger partial charge in [-0.05, 0) is 69.5 Å². The molecule has 4 aromatic rings. The second-order valence-corrected chi connectivity index (χ2v) is 11.7. The first-order chi connectivity index (χ1) is 20.3. The predicted molar refractivity (Wildman–Crippen MR) is 151 cm³/mol. The fourth-order valence-corrected chi connectivity index (χ4v) is 6.41. The zero-order valence-corrected chi connectivity index (χ0v) is 24.1. The Morgan fingerprint density at radius 3 is 2.67 bits per heavy atom. The summed E-state index contributed by atoms with van der Waals surface area (Å²) in [6, 6.07) is 10.4. The van der Waals surface area contributed by atoms with Crippen LogP contribution in [0.2, 0.25) is 5.02 Å². The van der Waals surface area contributed by atoms with Gasteiger partial charge in [0.2, 0.25) is 5.82 Å². The van der Waals surface area contributed by atoms with E-state index in [4.69, 9.17) is 35.3 Å². The number of piperidine rings is 1. The summed E-state index contributed by atoms with van der Waals surface area (Å²) in [5.41, 5.74) is 2.90. The number of ether oxygens (including phenoxy) is 3. The summed E-state index contributed by atoms with van der Waals surface area (Å²) in [4.78, 5) is 21.6. The Morgan fingerprint density at radius 2 is 1.98 bits per heavy atom. The number of rotatable bonds is 7. The minimum absolute atomic E-state index is 0.106. The summed E-state index contributed by atoms with van der Waals surface area (Å²) >= 11 is 5.97. The van der Waals surface area contributed by atoms with Gasteiger partial charge in [-0.1, -0.05) is 28.9 Å². The number of benzene rings is 2. The number of imidazole rings is 1. The van der Waals surface area contributed by atoms with E-state index in [0.29, 0.717) is 41.0 Å². The molecule has 7 rings (SSSR count). The van der Waals surface area contributed by atoms with Crippen molar-refractivity contribution in [2.45, 2.75) is 64.0 Å². The van der Waals surface area contributed by atoms with Crippen molar-refractivity contribution < 1.29 is 23.1 Å². The van der Waals surface area contributed by atoms with Crippen LogP contribution < -0.4 is 15.2 Å². The van der Waals surface area contributed by atoms with E-state index in [-0.39, 0.29) is 12.0 Å². The van der Waals surface area contributed by atoms with Gasteiger partial charge in [0, 0.05) is 24.1 Å². The van der Waals surface area contributed by atoms with Gasteiger partial charge in [0.1, 0.15) is 17.3 Å². The molecule has 0 spiro atoms. The number of hydrogen-bond donors (Lipinski definition) is 1. The Labute approximate surface area is 246 Å². The van der Waals surface area contributed by atoms with Crippen molar-refractivity contribution in [1.82, 2.24) is 24.6 Å². The maximum Gasteiger partial charge on any atom is 0.439 e. The molecule has 2 aromatic heterocycles. The molecule has 12 heteroatoms. The second-order valence-electron chi connectivity index (χ2n) is 11.3. The summed E-state index contributed by atoms with van der Waals surface area (Å²) in [5.74, 6) is 0.477. The Kier molecular flexibility index (Phi) is 6.83. The lowest BCUT2D eigenvalue weighted by Crippen LogP contribution is -2.35. The molecule has 2 fully saturated rings. The Bertz CT molecular complexity index is 1690. The third kappa shape index (κ3) is 4.89. The molecule has 42 heavy (non-hydrogen) atoms. The number of aromatic amines is 1. The van der Waals surface area contributed by atoms with Crippen LogP contribution in [0.25, 0.3) is 11.5 Å². The normalized spacial score (nSPS) is 22.4. The highest BCUT2D eigenvalue weighted by molar-refractivity contribution is 6.30. The fourth-order valence-electron chi connectivity index (χ4n) is 6.25. The van der Waals surface area contributed by atoms with E-state index in [0.717, 1.165) is 61.7 Å². The Balaban J connectivity index is 1.07. The zero-order valence-electron chi connectivity index (χ0n) is 23.4. The minimum Gasteiger partial charge on any atom is -0.444 e. The van der Waals surface area contributed by atoms with Crippen molar-refractivity contribution in [3.8, 4) is 23.0 Å². The number of fused-ring (bicyclic) bond motifs is 1. The topological polar surface area (TPSA) is 108 Å². The van der Waals surface area contributed by atoms with E-state index in [9.17, 15) is 9.18 Å². The lowest BCUT2D eigenvalue weighted by molar-refractivity contribution is -0.0712. The molecular weight excluding hydrogens is 565 g/mol. The molecule has 0 radical (unpaired) electrons. The van der Waals surface area contributed by atoms with E-state index in [2.05, 4.69) is 25.7 Å². The minimum atomic E-state index is -1.28. The highest BCUT2D eigenvalue weighted by Gasteiger charge is 2.43. The molecule has 0 bridgehead atoms. The van der Waals surface area contributed by atoms with Crippen molar-refractivity contribution in [2.75, 3.05) is 19.7 Å². The van der Waals surface area contributed by atoms with E-state index in [1.54, 1.807) is 19.1 Å². The Morgan fingerprint density at radius 1 is 1.17 bits per heavy atom. The summed E-state index contributed by atoms with van der Waals surface area (Å²) in [5, 5.41) is 4.24. The summed E-state index contributed by atoms with van der Waals surface area (Å²) in [6.07, 6.45) is 2.92. The van der Waals surface area contributed by atoms with Crippen LogP contribution >= 0.6 is 11.6 Å². The molecule has 2 atom stereocenters. The van der Waals surface area contributed by atoms with Crippen LogP contribution in [0.3, 0.4) is 0 Å². The van der Waals surface area contributed by atoms with Crippen LogP contribution in [0, 0.1) is 12.7 Å². The number of aryl methyl sites for hydroxylation is 1. The Hall–Kier alpha value is -3.67. The number of H-pyrrole nitrogens is 1. The van der Waals surface area contributed by atoms with Gasteiger partial charge < -0.3 is 18.8 Å². The van der Waals surface area contributed by atoms with Crippen LogP contribution in [0.1, 0.15) is 54.7 Å². The molecule has 5 heterocycles. The van der Waals surface area contributed by atoms with Gasteiger partial charge >= 0.3 is 5.76 Å². The number of nitrogens with zero attached hydrogens (tertiary/aromatic N) is 4. The third-order valence-electron chi connectivity index (χ3n) is 8.49. The number of hydrogen-bond acceptors (Lipinski definition) is 8. The molecule has 0 saturated carbocycles. The van der Waals surface area contributed by atoms with Gasteiger partial charge in [0.25, 0.3) is 5.79 Å². The average molecular weight is 596 g/mol. The third-order valence-corrected chi connectivity index (χ3v) is 8.72. The molecule has 0 amide bonds. The van der Waals surface area contributed by atoms with Crippen LogP contribution in [-0.2, 0) is 23.6 Å². The quantitative estimate of drug-likeness (QED) is 0.313.